The molecule has 0 saturated carbocycles. The van der Waals surface area contributed by atoms with Gasteiger partial charge < -0.3 is 14.6 Å². The van der Waals surface area contributed by atoms with Gasteiger partial charge in [0.05, 0.1) is 13.2 Å². The smallest absolute Gasteiger partial charge is 0.225 e. The number of hydrogen-bond acceptors (Lipinski definition) is 5. The normalized spacial score (nSPS) is 33.6. The molecule has 1 saturated heterocycles. The number of ether oxygens (including phenoxy) is 2. The fourth-order valence-electron chi connectivity index (χ4n) is 1.16. The summed E-state index contributed by atoms with van der Waals surface area (Å²) in [5.74, 6) is 0. The largest absolute Gasteiger partial charge is 0.394 e. The van der Waals surface area contributed by atoms with Crippen molar-refractivity contribution in [3.05, 3.63) is 0 Å². The second-order valence-corrected chi connectivity index (χ2v) is 4.26. The van der Waals surface area contributed by atoms with E-state index in [4.69, 9.17) is 14.6 Å². The fraction of sp³-hybridized carbons (Fsp3) is 0.875. The first kappa shape index (κ1) is 11.0. The minimum Gasteiger partial charge on any atom is -0.394 e. The number of carbonyl (C=O) groups excluding carboxylic acids is 1. The Labute approximate surface area is 81.6 Å². The number of carbonyl (C=O) groups is 1. The summed E-state index contributed by atoms with van der Waals surface area (Å²) in [4.78, 5) is 10.9. The first-order chi connectivity index (χ1) is 6.12. The molecule has 1 N–H and O–H groups in total. The van der Waals surface area contributed by atoms with Crippen molar-refractivity contribution in [2.24, 2.45) is 0 Å². The highest BCUT2D eigenvalue weighted by Crippen LogP contribution is 2.37. The van der Waals surface area contributed by atoms with Crippen LogP contribution in [0, 0.1) is 0 Å². The molecule has 1 fully saturated rings. The second kappa shape index (κ2) is 4.41. The van der Waals surface area contributed by atoms with E-state index in [0.717, 1.165) is 11.8 Å². The Bertz CT molecular complexity index is 197. The molecule has 0 aromatic rings. The Morgan fingerprint density at radius 1 is 1.77 bits per heavy atom. The van der Waals surface area contributed by atoms with Crippen molar-refractivity contribution in [1.82, 2.24) is 0 Å². The summed E-state index contributed by atoms with van der Waals surface area (Å²) in [5, 5.41) is 7.93. The molecule has 0 radical (unpaired) electrons. The van der Waals surface area contributed by atoms with E-state index < -0.39 is 5.12 Å². The van der Waals surface area contributed by atoms with E-state index in [1.165, 1.54) is 6.92 Å². The third kappa shape index (κ3) is 2.67. The van der Waals surface area contributed by atoms with Crippen LogP contribution in [-0.2, 0) is 14.3 Å². The quantitative estimate of drug-likeness (QED) is 0.738. The third-order valence-electron chi connectivity index (χ3n) is 1.77. The molecule has 5 heteroatoms. The van der Waals surface area contributed by atoms with Gasteiger partial charge in [-0.2, -0.15) is 0 Å². The summed E-state index contributed by atoms with van der Waals surface area (Å²) in [6, 6.07) is 0. The van der Waals surface area contributed by atoms with E-state index in [9.17, 15) is 4.79 Å². The number of rotatable bonds is 3. The Kier molecular flexibility index (Phi) is 3.73. The number of hydrogen-bond donors (Lipinski definition) is 1. The Hall–Kier alpha value is -0.100. The van der Waals surface area contributed by atoms with Gasteiger partial charge in [-0.25, -0.2) is 0 Å². The molecule has 0 aliphatic carbocycles. The monoisotopic (exact) mass is 206 g/mol. The van der Waals surface area contributed by atoms with Crippen LogP contribution in [0.2, 0.25) is 0 Å². The molecule has 0 bridgehead atoms. The summed E-state index contributed by atoms with van der Waals surface area (Å²) in [7, 11) is 0. The molecule has 1 heterocycles. The van der Waals surface area contributed by atoms with Gasteiger partial charge in [0, 0.05) is 13.3 Å². The lowest BCUT2D eigenvalue weighted by Gasteiger charge is -2.23. The van der Waals surface area contributed by atoms with Crippen LogP contribution in [0.1, 0.15) is 20.3 Å². The first-order valence-corrected chi connectivity index (χ1v) is 5.05. The maximum absolute atomic E-state index is 10.9. The molecular formula is C8H14O4S. The molecular weight excluding hydrogens is 192 g/mol. The van der Waals surface area contributed by atoms with Gasteiger partial charge in [-0.1, -0.05) is 6.92 Å². The molecule has 4 nitrogen and oxygen atoms in total. The van der Waals surface area contributed by atoms with Crippen molar-refractivity contribution < 1.29 is 19.4 Å². The van der Waals surface area contributed by atoms with Crippen LogP contribution >= 0.6 is 11.8 Å². The SMILES string of the molecule is CCC1(SC(C)=O)OCC(CO)O1. The first-order valence-electron chi connectivity index (χ1n) is 4.24. The van der Waals surface area contributed by atoms with Crippen LogP contribution in [0.4, 0.5) is 0 Å². The third-order valence-corrected chi connectivity index (χ3v) is 2.87. The topological polar surface area (TPSA) is 55.8 Å². The van der Waals surface area contributed by atoms with Gasteiger partial charge in [0.2, 0.25) is 5.12 Å². The number of aliphatic hydroxyl groups excluding tert-OH is 1. The summed E-state index contributed by atoms with van der Waals surface area (Å²) in [6.07, 6.45) is 0.292. The number of aliphatic hydroxyl groups is 1. The van der Waals surface area contributed by atoms with Gasteiger partial charge >= 0.3 is 0 Å². The molecule has 0 spiro atoms. The van der Waals surface area contributed by atoms with Crippen molar-refractivity contribution in [2.45, 2.75) is 31.5 Å². The van der Waals surface area contributed by atoms with E-state index in [0.29, 0.717) is 13.0 Å². The van der Waals surface area contributed by atoms with Crippen LogP contribution in [0.25, 0.3) is 0 Å². The van der Waals surface area contributed by atoms with Gasteiger partial charge in [0.15, 0.2) is 5.12 Å². The van der Waals surface area contributed by atoms with Crippen molar-refractivity contribution >= 4 is 16.9 Å². The Balaban J connectivity index is 2.57. The molecule has 1 aliphatic rings. The van der Waals surface area contributed by atoms with Crippen molar-refractivity contribution in [2.75, 3.05) is 13.2 Å². The Morgan fingerprint density at radius 2 is 2.46 bits per heavy atom. The highest BCUT2D eigenvalue weighted by molar-refractivity contribution is 8.14. The second-order valence-electron chi connectivity index (χ2n) is 2.86. The summed E-state index contributed by atoms with van der Waals surface area (Å²) in [5.41, 5.74) is 0. The van der Waals surface area contributed by atoms with Gasteiger partial charge in [0.1, 0.15) is 6.10 Å². The van der Waals surface area contributed by atoms with Gasteiger partial charge in [-0.15, -0.1) is 0 Å². The lowest BCUT2D eigenvalue weighted by molar-refractivity contribution is -0.114. The zero-order valence-electron chi connectivity index (χ0n) is 7.78. The summed E-state index contributed by atoms with van der Waals surface area (Å²) < 4.78 is 10.8. The predicted octanol–water partition coefficient (Wildman–Crippen LogP) is 0.738. The molecule has 2 unspecified atom stereocenters. The molecule has 1 aliphatic heterocycles. The van der Waals surface area contributed by atoms with E-state index in [-0.39, 0.29) is 17.8 Å². The van der Waals surface area contributed by atoms with Gasteiger partial charge in [0.25, 0.3) is 0 Å². The maximum Gasteiger partial charge on any atom is 0.225 e. The van der Waals surface area contributed by atoms with Crippen LogP contribution in [0.15, 0.2) is 0 Å². The molecule has 76 valence electrons. The van der Waals surface area contributed by atoms with E-state index in [1.807, 2.05) is 6.92 Å². The lowest BCUT2D eigenvalue weighted by Crippen LogP contribution is -2.28. The average Bonchev–Trinajstić information content (AvgIpc) is 2.48. The minimum absolute atomic E-state index is 0.0413. The zero-order valence-corrected chi connectivity index (χ0v) is 8.60. The van der Waals surface area contributed by atoms with Crippen LogP contribution in [0.5, 0.6) is 0 Å². The van der Waals surface area contributed by atoms with Crippen LogP contribution in [-0.4, -0.2) is 34.7 Å². The van der Waals surface area contributed by atoms with Gasteiger partial charge in [-0.05, 0) is 11.8 Å². The standard InChI is InChI=1S/C8H14O4S/c1-3-8(13-6(2)10)11-5-7(4-9)12-8/h7,9H,3-5H2,1-2H3. The van der Waals surface area contributed by atoms with Gasteiger partial charge in [-0.3, -0.25) is 4.79 Å². The minimum atomic E-state index is -0.862. The highest BCUT2D eigenvalue weighted by atomic mass is 32.2. The molecule has 13 heavy (non-hydrogen) atoms. The average molecular weight is 206 g/mol. The molecule has 1 rings (SSSR count). The zero-order chi connectivity index (χ0) is 9.90. The maximum atomic E-state index is 10.9. The van der Waals surface area contributed by atoms with Crippen LogP contribution < -0.4 is 0 Å². The van der Waals surface area contributed by atoms with Crippen molar-refractivity contribution in [1.29, 1.82) is 0 Å². The highest BCUT2D eigenvalue weighted by Gasteiger charge is 2.41. The summed E-state index contributed by atoms with van der Waals surface area (Å²) >= 11 is 1.03. The molecule has 0 amide bonds. The lowest BCUT2D eigenvalue weighted by atomic mass is 10.4. The number of thioether (sulfide) groups is 1. The van der Waals surface area contributed by atoms with Crippen molar-refractivity contribution in [3.63, 3.8) is 0 Å². The van der Waals surface area contributed by atoms with E-state index in [2.05, 4.69) is 0 Å². The van der Waals surface area contributed by atoms with Crippen molar-refractivity contribution in [3.8, 4) is 0 Å². The van der Waals surface area contributed by atoms with E-state index in [1.54, 1.807) is 0 Å². The Morgan fingerprint density at radius 3 is 2.85 bits per heavy atom. The summed E-state index contributed by atoms with van der Waals surface area (Å²) in [6.45, 7) is 3.64. The van der Waals surface area contributed by atoms with Crippen LogP contribution in [0.3, 0.4) is 0 Å². The predicted molar refractivity (Wildman–Crippen MR) is 49.2 cm³/mol. The fourth-order valence-corrected chi connectivity index (χ4v) is 2.06. The van der Waals surface area contributed by atoms with E-state index >= 15 is 0 Å². The molecule has 0 aromatic carbocycles. The molecule has 0 aromatic heterocycles. The molecule has 2 atom stereocenters.